The van der Waals surface area contributed by atoms with Crippen LogP contribution in [-0.2, 0) is 4.79 Å². The summed E-state index contributed by atoms with van der Waals surface area (Å²) >= 11 is 3.30. The minimum absolute atomic E-state index is 0.182. The van der Waals surface area contributed by atoms with Gasteiger partial charge in [-0.2, -0.15) is 0 Å². The summed E-state index contributed by atoms with van der Waals surface area (Å²) in [5, 5.41) is 0. The minimum Gasteiger partial charge on any atom is -0.297 e. The number of anilines is 1. The molecular weight excluding hydrogens is 244 g/mol. The Morgan fingerprint density at radius 3 is 2.93 bits per heavy atom. The molecule has 0 unspecified atom stereocenters. The van der Waals surface area contributed by atoms with Gasteiger partial charge in [0.25, 0.3) is 0 Å². The first-order valence-electron chi connectivity index (χ1n) is 4.70. The molecule has 4 heteroatoms. The largest absolute Gasteiger partial charge is 0.297 e. The van der Waals surface area contributed by atoms with Crippen molar-refractivity contribution < 1.29 is 4.79 Å². The Labute approximate surface area is 91.3 Å². The van der Waals surface area contributed by atoms with Crippen LogP contribution in [-0.4, -0.2) is 17.4 Å². The maximum Gasteiger partial charge on any atom is 0.228 e. The van der Waals surface area contributed by atoms with Gasteiger partial charge in [-0.15, -0.1) is 0 Å². The van der Waals surface area contributed by atoms with E-state index in [1.165, 1.54) is 0 Å². The average molecular weight is 255 g/mol. The van der Waals surface area contributed by atoms with Gasteiger partial charge in [-0.25, -0.2) is 4.98 Å². The van der Waals surface area contributed by atoms with E-state index in [2.05, 4.69) is 20.9 Å². The summed E-state index contributed by atoms with van der Waals surface area (Å²) in [6, 6.07) is 5.63. The second kappa shape index (κ2) is 4.09. The third kappa shape index (κ3) is 1.95. The predicted octanol–water partition coefficient (Wildman–Crippen LogP) is 2.36. The number of hydrogen-bond acceptors (Lipinski definition) is 2. The van der Waals surface area contributed by atoms with Crippen molar-refractivity contribution in [2.24, 2.45) is 0 Å². The lowest BCUT2D eigenvalue weighted by molar-refractivity contribution is -0.119. The molecule has 0 spiro atoms. The number of amides is 1. The Balaban J connectivity index is 2.24. The van der Waals surface area contributed by atoms with Crippen LogP contribution in [0.4, 0.5) is 5.82 Å². The summed E-state index contributed by atoms with van der Waals surface area (Å²) in [6.45, 7) is 0.794. The summed E-state index contributed by atoms with van der Waals surface area (Å²) in [5.74, 6) is 0.936. The van der Waals surface area contributed by atoms with Crippen LogP contribution in [0.3, 0.4) is 0 Å². The first-order chi connectivity index (χ1) is 6.77. The van der Waals surface area contributed by atoms with E-state index in [9.17, 15) is 4.79 Å². The Kier molecular flexibility index (Phi) is 2.82. The summed E-state index contributed by atoms with van der Waals surface area (Å²) in [6.07, 6.45) is 2.72. The molecular formula is C10H11BrN2O. The lowest BCUT2D eigenvalue weighted by Crippen LogP contribution is -2.35. The smallest absolute Gasteiger partial charge is 0.228 e. The first-order valence-corrected chi connectivity index (χ1v) is 5.49. The molecule has 2 heterocycles. The van der Waals surface area contributed by atoms with E-state index in [1.807, 2.05) is 18.2 Å². The quantitative estimate of drug-likeness (QED) is 0.722. The van der Waals surface area contributed by atoms with Crippen LogP contribution in [0.1, 0.15) is 19.3 Å². The minimum atomic E-state index is 0.182. The normalized spacial score (nSPS) is 17.2. The number of nitrogens with zero attached hydrogens (tertiary/aromatic N) is 2. The molecule has 0 aromatic carbocycles. The lowest BCUT2D eigenvalue weighted by atomic mass is 10.1. The van der Waals surface area contributed by atoms with Crippen molar-refractivity contribution >= 4 is 27.7 Å². The molecule has 3 nitrogen and oxygen atoms in total. The van der Waals surface area contributed by atoms with Gasteiger partial charge in [0.15, 0.2) is 0 Å². The van der Waals surface area contributed by atoms with Gasteiger partial charge in [0.05, 0.1) is 0 Å². The van der Waals surface area contributed by atoms with Crippen molar-refractivity contribution in [3.63, 3.8) is 0 Å². The second-order valence-corrected chi connectivity index (χ2v) is 4.13. The number of hydrogen-bond donors (Lipinski definition) is 0. The maximum absolute atomic E-state index is 11.6. The van der Waals surface area contributed by atoms with Crippen LogP contribution in [0, 0.1) is 0 Å². The Hall–Kier alpha value is -0.900. The summed E-state index contributed by atoms with van der Waals surface area (Å²) < 4.78 is 0.772. The number of rotatable bonds is 1. The first kappa shape index (κ1) is 9.65. The lowest BCUT2D eigenvalue weighted by Gasteiger charge is -2.25. The van der Waals surface area contributed by atoms with Crippen molar-refractivity contribution in [3.05, 3.63) is 22.8 Å². The van der Waals surface area contributed by atoms with Gasteiger partial charge in [0.2, 0.25) is 5.91 Å². The zero-order valence-electron chi connectivity index (χ0n) is 7.74. The molecule has 0 radical (unpaired) electrons. The highest BCUT2D eigenvalue weighted by molar-refractivity contribution is 9.10. The number of carbonyl (C=O) groups is 1. The molecule has 0 atom stereocenters. The molecule has 1 aliphatic rings. The SMILES string of the molecule is O=C1CCCCN1c1cccc(Br)n1. The summed E-state index contributed by atoms with van der Waals surface area (Å²) in [7, 11) is 0. The molecule has 0 saturated carbocycles. The molecule has 1 saturated heterocycles. The fourth-order valence-electron chi connectivity index (χ4n) is 1.60. The zero-order chi connectivity index (χ0) is 9.97. The molecule has 1 aliphatic heterocycles. The van der Waals surface area contributed by atoms with Crippen molar-refractivity contribution in [2.45, 2.75) is 19.3 Å². The van der Waals surface area contributed by atoms with Crippen molar-refractivity contribution in [1.82, 2.24) is 4.98 Å². The second-order valence-electron chi connectivity index (χ2n) is 3.32. The highest BCUT2D eigenvalue weighted by atomic mass is 79.9. The maximum atomic E-state index is 11.6. The fourth-order valence-corrected chi connectivity index (χ4v) is 1.93. The monoisotopic (exact) mass is 254 g/mol. The molecule has 0 N–H and O–H groups in total. The van der Waals surface area contributed by atoms with Crippen LogP contribution in [0.25, 0.3) is 0 Å². The number of piperidine rings is 1. The molecule has 0 aliphatic carbocycles. The van der Waals surface area contributed by atoms with Crippen LogP contribution in [0.15, 0.2) is 22.8 Å². The van der Waals surface area contributed by atoms with Crippen LogP contribution < -0.4 is 4.90 Å². The van der Waals surface area contributed by atoms with E-state index in [1.54, 1.807) is 4.90 Å². The van der Waals surface area contributed by atoms with Crippen LogP contribution in [0.2, 0.25) is 0 Å². The van der Waals surface area contributed by atoms with E-state index in [4.69, 9.17) is 0 Å². The fraction of sp³-hybridized carbons (Fsp3) is 0.400. The number of aromatic nitrogens is 1. The molecule has 1 aromatic heterocycles. The van der Waals surface area contributed by atoms with E-state index in [0.717, 1.165) is 29.8 Å². The number of pyridine rings is 1. The van der Waals surface area contributed by atoms with Gasteiger partial charge in [0.1, 0.15) is 10.4 Å². The van der Waals surface area contributed by atoms with Crippen LogP contribution in [0.5, 0.6) is 0 Å². The Morgan fingerprint density at radius 2 is 2.21 bits per heavy atom. The van der Waals surface area contributed by atoms with Gasteiger partial charge >= 0.3 is 0 Å². The molecule has 1 fully saturated rings. The summed E-state index contributed by atoms with van der Waals surface area (Å²) in [4.78, 5) is 17.6. The summed E-state index contributed by atoms with van der Waals surface area (Å²) in [5.41, 5.74) is 0. The van der Waals surface area contributed by atoms with Crippen molar-refractivity contribution in [3.8, 4) is 0 Å². The van der Waals surface area contributed by atoms with Crippen LogP contribution >= 0.6 is 15.9 Å². The Morgan fingerprint density at radius 1 is 1.36 bits per heavy atom. The average Bonchev–Trinajstić information content (AvgIpc) is 2.18. The molecule has 0 bridgehead atoms. The molecule has 1 aromatic rings. The Bertz CT molecular complexity index is 354. The molecule has 74 valence electrons. The van der Waals surface area contributed by atoms with Gasteiger partial charge < -0.3 is 0 Å². The van der Waals surface area contributed by atoms with E-state index >= 15 is 0 Å². The third-order valence-corrected chi connectivity index (χ3v) is 2.74. The molecule has 1 amide bonds. The van der Waals surface area contributed by atoms with Gasteiger partial charge in [-0.1, -0.05) is 6.07 Å². The number of carbonyl (C=O) groups excluding carboxylic acids is 1. The van der Waals surface area contributed by atoms with Gasteiger partial charge in [-0.05, 0) is 40.9 Å². The van der Waals surface area contributed by atoms with E-state index in [0.29, 0.717) is 6.42 Å². The predicted molar refractivity (Wildman–Crippen MR) is 58.1 cm³/mol. The van der Waals surface area contributed by atoms with E-state index < -0.39 is 0 Å². The zero-order valence-corrected chi connectivity index (χ0v) is 9.33. The molecule has 14 heavy (non-hydrogen) atoms. The van der Waals surface area contributed by atoms with Crippen molar-refractivity contribution in [1.29, 1.82) is 0 Å². The number of halogens is 1. The third-order valence-electron chi connectivity index (χ3n) is 2.30. The van der Waals surface area contributed by atoms with E-state index in [-0.39, 0.29) is 5.91 Å². The van der Waals surface area contributed by atoms with Gasteiger partial charge in [-0.3, -0.25) is 9.69 Å². The topological polar surface area (TPSA) is 33.2 Å². The molecule has 2 rings (SSSR count). The van der Waals surface area contributed by atoms with Crippen molar-refractivity contribution in [2.75, 3.05) is 11.4 Å². The highest BCUT2D eigenvalue weighted by Crippen LogP contribution is 2.20. The van der Waals surface area contributed by atoms with Gasteiger partial charge in [0, 0.05) is 13.0 Å². The standard InChI is InChI=1S/C10H11BrN2O/c11-8-4-3-5-9(12-8)13-7-2-1-6-10(13)14/h3-5H,1-2,6-7H2. The highest BCUT2D eigenvalue weighted by Gasteiger charge is 2.20.